The average molecular weight is 244 g/mol. The highest BCUT2D eigenvalue weighted by molar-refractivity contribution is 5.85. The molecule has 1 aromatic carbocycles. The third-order valence-corrected chi connectivity index (χ3v) is 3.65. The molecule has 0 aliphatic carbocycles. The summed E-state index contributed by atoms with van der Waals surface area (Å²) in [5.41, 5.74) is 10.6. The maximum absolute atomic E-state index is 6.45. The zero-order chi connectivity index (χ0) is 13.5. The van der Waals surface area contributed by atoms with E-state index in [4.69, 9.17) is 5.73 Å². The second-order valence-electron chi connectivity index (χ2n) is 6.45. The van der Waals surface area contributed by atoms with E-state index in [0.29, 0.717) is 0 Å². The van der Waals surface area contributed by atoms with Crippen molar-refractivity contribution in [3.8, 4) is 0 Å². The van der Waals surface area contributed by atoms with Crippen LogP contribution in [-0.2, 0) is 7.05 Å². The number of aromatic nitrogens is 1. The molecule has 0 saturated carbocycles. The van der Waals surface area contributed by atoms with E-state index in [-0.39, 0.29) is 11.5 Å². The molecule has 1 unspecified atom stereocenters. The van der Waals surface area contributed by atoms with Gasteiger partial charge in [-0.25, -0.2) is 0 Å². The lowest BCUT2D eigenvalue weighted by atomic mass is 9.85. The zero-order valence-corrected chi connectivity index (χ0v) is 12.1. The number of hydrogen-bond acceptors (Lipinski definition) is 1. The van der Waals surface area contributed by atoms with Crippen molar-refractivity contribution in [2.24, 2.45) is 18.2 Å². The van der Waals surface area contributed by atoms with Gasteiger partial charge in [-0.1, -0.05) is 39.0 Å². The highest BCUT2D eigenvalue weighted by Crippen LogP contribution is 2.34. The van der Waals surface area contributed by atoms with E-state index >= 15 is 0 Å². The lowest BCUT2D eigenvalue weighted by Gasteiger charge is -2.23. The van der Waals surface area contributed by atoms with Crippen molar-refractivity contribution >= 4 is 10.9 Å². The van der Waals surface area contributed by atoms with Crippen LogP contribution in [0.3, 0.4) is 0 Å². The molecular formula is C16H24N2. The van der Waals surface area contributed by atoms with Crippen molar-refractivity contribution in [2.45, 2.75) is 40.2 Å². The van der Waals surface area contributed by atoms with Crippen molar-refractivity contribution in [1.82, 2.24) is 4.57 Å². The molecule has 0 saturated heterocycles. The summed E-state index contributed by atoms with van der Waals surface area (Å²) in [6.45, 7) is 8.89. The first kappa shape index (κ1) is 13.2. The quantitative estimate of drug-likeness (QED) is 0.852. The molecule has 1 atom stereocenters. The molecule has 0 aliphatic heterocycles. The minimum absolute atomic E-state index is 0.107. The SMILES string of the molecule is Cc1c(C(N)CC(C)(C)C)c2ccccc2n1C. The van der Waals surface area contributed by atoms with E-state index < -0.39 is 0 Å². The first-order valence-corrected chi connectivity index (χ1v) is 6.61. The molecular weight excluding hydrogens is 220 g/mol. The molecule has 0 amide bonds. The van der Waals surface area contributed by atoms with Gasteiger partial charge in [0.25, 0.3) is 0 Å². The van der Waals surface area contributed by atoms with Crippen LogP contribution in [0.2, 0.25) is 0 Å². The molecule has 2 N–H and O–H groups in total. The molecule has 2 rings (SSSR count). The predicted molar refractivity (Wildman–Crippen MR) is 78.7 cm³/mol. The summed E-state index contributed by atoms with van der Waals surface area (Å²) < 4.78 is 2.24. The first-order chi connectivity index (χ1) is 8.31. The Hall–Kier alpha value is -1.28. The fourth-order valence-corrected chi connectivity index (χ4v) is 2.78. The van der Waals surface area contributed by atoms with Crippen LogP contribution < -0.4 is 5.73 Å². The smallest absolute Gasteiger partial charge is 0.0483 e. The van der Waals surface area contributed by atoms with Crippen molar-refractivity contribution in [2.75, 3.05) is 0 Å². The molecule has 2 nitrogen and oxygen atoms in total. The highest BCUT2D eigenvalue weighted by atomic mass is 15.0. The summed E-state index contributed by atoms with van der Waals surface area (Å²) in [6.07, 6.45) is 1.00. The number of aryl methyl sites for hydroxylation is 1. The Labute approximate surface area is 110 Å². The minimum atomic E-state index is 0.107. The molecule has 1 heterocycles. The van der Waals surface area contributed by atoms with Crippen LogP contribution in [0.25, 0.3) is 10.9 Å². The standard InChI is InChI=1S/C16H24N2/c1-11-15(13(17)10-16(2,3)4)12-8-6-7-9-14(12)18(11)5/h6-9,13H,10,17H2,1-5H3. The molecule has 2 aromatic rings. The van der Waals surface area contributed by atoms with E-state index in [1.165, 1.54) is 22.2 Å². The van der Waals surface area contributed by atoms with E-state index in [9.17, 15) is 0 Å². The summed E-state index contributed by atoms with van der Waals surface area (Å²) in [7, 11) is 2.12. The average Bonchev–Trinajstić information content (AvgIpc) is 2.50. The number of benzene rings is 1. The van der Waals surface area contributed by atoms with E-state index in [2.05, 4.69) is 63.6 Å². The van der Waals surface area contributed by atoms with Crippen molar-refractivity contribution in [3.63, 3.8) is 0 Å². The van der Waals surface area contributed by atoms with Gasteiger partial charge in [-0.2, -0.15) is 0 Å². The lowest BCUT2D eigenvalue weighted by molar-refractivity contribution is 0.343. The monoisotopic (exact) mass is 244 g/mol. The van der Waals surface area contributed by atoms with Gasteiger partial charge in [0.1, 0.15) is 0 Å². The second-order valence-corrected chi connectivity index (χ2v) is 6.45. The molecule has 98 valence electrons. The fraction of sp³-hybridized carbons (Fsp3) is 0.500. The third-order valence-electron chi connectivity index (χ3n) is 3.65. The molecule has 0 bridgehead atoms. The van der Waals surface area contributed by atoms with Gasteiger partial charge in [0, 0.05) is 29.7 Å². The van der Waals surface area contributed by atoms with Crippen molar-refractivity contribution in [1.29, 1.82) is 0 Å². The zero-order valence-electron chi connectivity index (χ0n) is 12.1. The van der Waals surface area contributed by atoms with Crippen molar-refractivity contribution < 1.29 is 0 Å². The summed E-state index contributed by atoms with van der Waals surface area (Å²) in [5.74, 6) is 0. The van der Waals surface area contributed by atoms with Crippen molar-refractivity contribution in [3.05, 3.63) is 35.5 Å². The van der Waals surface area contributed by atoms with Gasteiger partial charge >= 0.3 is 0 Å². The summed E-state index contributed by atoms with van der Waals surface area (Å²) in [5, 5.41) is 1.30. The maximum Gasteiger partial charge on any atom is 0.0483 e. The summed E-state index contributed by atoms with van der Waals surface area (Å²) in [6, 6.07) is 8.63. The Balaban J connectivity index is 2.54. The van der Waals surface area contributed by atoms with Gasteiger partial charge < -0.3 is 10.3 Å². The van der Waals surface area contributed by atoms with Crippen LogP contribution in [0.4, 0.5) is 0 Å². The number of nitrogens with zero attached hydrogens (tertiary/aromatic N) is 1. The summed E-state index contributed by atoms with van der Waals surface area (Å²) >= 11 is 0. The largest absolute Gasteiger partial charge is 0.348 e. The van der Waals surface area contributed by atoms with Crippen LogP contribution in [0.1, 0.15) is 44.5 Å². The summed E-state index contributed by atoms with van der Waals surface area (Å²) in [4.78, 5) is 0. The Morgan fingerprint density at radius 1 is 1.22 bits per heavy atom. The Morgan fingerprint density at radius 2 is 1.83 bits per heavy atom. The van der Waals surface area contributed by atoms with Crippen LogP contribution in [0.15, 0.2) is 24.3 Å². The highest BCUT2D eigenvalue weighted by Gasteiger charge is 2.22. The van der Waals surface area contributed by atoms with Crippen LogP contribution in [0.5, 0.6) is 0 Å². The molecule has 0 radical (unpaired) electrons. The van der Waals surface area contributed by atoms with Gasteiger partial charge in [0.2, 0.25) is 0 Å². The molecule has 0 fully saturated rings. The molecule has 2 heteroatoms. The topological polar surface area (TPSA) is 30.9 Å². The third kappa shape index (κ3) is 2.30. The number of fused-ring (bicyclic) bond motifs is 1. The van der Waals surface area contributed by atoms with Gasteiger partial charge in [0.05, 0.1) is 0 Å². The Bertz CT molecular complexity index is 558. The molecule has 0 spiro atoms. The number of para-hydroxylation sites is 1. The Kier molecular flexibility index (Phi) is 3.24. The maximum atomic E-state index is 6.45. The lowest BCUT2D eigenvalue weighted by Crippen LogP contribution is -2.19. The van der Waals surface area contributed by atoms with Gasteiger partial charge in [-0.3, -0.25) is 0 Å². The second kappa shape index (κ2) is 4.43. The van der Waals surface area contributed by atoms with E-state index in [0.717, 1.165) is 6.42 Å². The predicted octanol–water partition coefficient (Wildman–Crippen LogP) is 3.92. The van der Waals surface area contributed by atoms with Gasteiger partial charge in [-0.15, -0.1) is 0 Å². The van der Waals surface area contributed by atoms with Crippen LogP contribution in [-0.4, -0.2) is 4.57 Å². The van der Waals surface area contributed by atoms with Crippen LogP contribution in [0, 0.1) is 12.3 Å². The Morgan fingerprint density at radius 3 is 2.44 bits per heavy atom. The number of hydrogen-bond donors (Lipinski definition) is 1. The fourth-order valence-electron chi connectivity index (χ4n) is 2.78. The van der Waals surface area contributed by atoms with E-state index in [1.807, 2.05) is 0 Å². The minimum Gasteiger partial charge on any atom is -0.348 e. The first-order valence-electron chi connectivity index (χ1n) is 6.61. The molecule has 1 aromatic heterocycles. The number of rotatable bonds is 2. The van der Waals surface area contributed by atoms with Gasteiger partial charge in [0.15, 0.2) is 0 Å². The molecule has 18 heavy (non-hydrogen) atoms. The van der Waals surface area contributed by atoms with E-state index in [1.54, 1.807) is 0 Å². The van der Waals surface area contributed by atoms with Crippen LogP contribution >= 0.6 is 0 Å². The normalized spacial score (nSPS) is 14.1. The van der Waals surface area contributed by atoms with Gasteiger partial charge in [-0.05, 0) is 30.4 Å². The number of nitrogens with two attached hydrogens (primary N) is 1. The molecule has 0 aliphatic rings.